The molecule has 52 heavy (non-hydrogen) atoms. The number of nitrogens with one attached hydrogen (secondary N) is 1. The number of aromatic nitrogens is 6. The van der Waals surface area contributed by atoms with Gasteiger partial charge >= 0.3 is 5.97 Å². The van der Waals surface area contributed by atoms with Crippen molar-refractivity contribution in [2.45, 2.75) is 33.5 Å². The molecule has 1 aliphatic heterocycles. The quantitative estimate of drug-likeness (QED) is 0.205. The molecule has 7 rings (SSSR count). The highest BCUT2D eigenvalue weighted by Crippen LogP contribution is 2.31. The Kier molecular flexibility index (Phi) is 11.4. The third-order valence-electron chi connectivity index (χ3n) is 7.60. The predicted molar refractivity (Wildman–Crippen MR) is 183 cm³/mol. The van der Waals surface area contributed by atoms with E-state index >= 15 is 0 Å². The van der Waals surface area contributed by atoms with E-state index in [2.05, 4.69) is 25.5 Å². The highest BCUT2D eigenvalue weighted by atomic mass is 19.1. The van der Waals surface area contributed by atoms with Crippen molar-refractivity contribution in [3.63, 3.8) is 0 Å². The Morgan fingerprint density at radius 3 is 2.58 bits per heavy atom. The molecule has 2 atom stereocenters. The Hall–Kier alpha value is -6.36. The Morgan fingerprint density at radius 1 is 1.06 bits per heavy atom. The molecular formula is C35H36F2N8O7. The summed E-state index contributed by atoms with van der Waals surface area (Å²) in [6.45, 7) is 4.64. The van der Waals surface area contributed by atoms with E-state index in [1.807, 2.05) is 0 Å². The van der Waals surface area contributed by atoms with Crippen LogP contribution in [0.2, 0.25) is 0 Å². The fraction of sp³-hybridized carbons (Fsp3) is 0.257. The number of carbonyl (C=O) groups excluding carboxylic acids is 1. The van der Waals surface area contributed by atoms with Crippen molar-refractivity contribution in [2.24, 2.45) is 5.73 Å². The molecule has 15 nitrogen and oxygen atoms in total. The van der Waals surface area contributed by atoms with E-state index in [9.17, 15) is 18.4 Å². The molecule has 0 spiro atoms. The van der Waals surface area contributed by atoms with Gasteiger partial charge < -0.3 is 35.1 Å². The first kappa shape index (κ1) is 36.9. The van der Waals surface area contributed by atoms with Gasteiger partial charge in [-0.2, -0.15) is 20.2 Å². The van der Waals surface area contributed by atoms with Gasteiger partial charge in [0.15, 0.2) is 11.3 Å². The molecule has 5 heterocycles. The molecule has 4 aromatic heterocycles. The largest absolute Gasteiger partial charge is 0.492 e. The predicted octanol–water partition coefficient (Wildman–Crippen LogP) is 4.81. The number of carboxylic acids is 1. The number of hydrogen-bond acceptors (Lipinski definition) is 11. The Balaban J connectivity index is 0.000000197. The second-order valence-corrected chi connectivity index (χ2v) is 11.1. The molecule has 0 saturated carbocycles. The number of carboxylic acid groups (broad SMARTS) is 1. The summed E-state index contributed by atoms with van der Waals surface area (Å²) in [5.74, 6) is -0.784. The van der Waals surface area contributed by atoms with Crippen LogP contribution >= 0.6 is 0 Å². The topological polar surface area (TPSA) is 190 Å². The molecule has 0 radical (unpaired) electrons. The molecule has 4 N–H and O–H groups in total. The van der Waals surface area contributed by atoms with Crippen LogP contribution in [-0.2, 0) is 0 Å². The number of carbonyl (C=O) groups is 2. The minimum Gasteiger partial charge on any atom is -0.492 e. The van der Waals surface area contributed by atoms with Crippen LogP contribution in [0.3, 0.4) is 0 Å². The van der Waals surface area contributed by atoms with E-state index in [4.69, 9.17) is 29.8 Å². The monoisotopic (exact) mass is 718 g/mol. The van der Waals surface area contributed by atoms with E-state index < -0.39 is 24.0 Å². The van der Waals surface area contributed by atoms with Gasteiger partial charge in [-0.15, -0.1) is 0 Å². The van der Waals surface area contributed by atoms with Crippen molar-refractivity contribution in [1.82, 2.24) is 34.5 Å². The second kappa shape index (κ2) is 16.1. The molecule has 0 aliphatic carbocycles. The van der Waals surface area contributed by atoms with Crippen LogP contribution < -0.4 is 30.0 Å². The van der Waals surface area contributed by atoms with E-state index in [0.29, 0.717) is 52.8 Å². The molecule has 2 bridgehead atoms. The average molecular weight is 719 g/mol. The van der Waals surface area contributed by atoms with Crippen LogP contribution in [-0.4, -0.2) is 72.5 Å². The van der Waals surface area contributed by atoms with E-state index in [0.717, 1.165) is 0 Å². The van der Waals surface area contributed by atoms with Crippen molar-refractivity contribution < 1.29 is 42.4 Å². The highest BCUT2D eigenvalue weighted by Gasteiger charge is 2.20. The lowest BCUT2D eigenvalue weighted by Gasteiger charge is -2.18. The zero-order valence-corrected chi connectivity index (χ0v) is 27.3. The van der Waals surface area contributed by atoms with Crippen LogP contribution in [0.4, 0.5) is 8.78 Å². The molecule has 1 amide bonds. The molecule has 0 saturated heterocycles. The van der Waals surface area contributed by atoms with Gasteiger partial charge in [0.05, 0.1) is 18.9 Å². The molecular weight excluding hydrogens is 682 g/mol. The lowest BCUT2D eigenvalue weighted by Crippen LogP contribution is -2.28. The summed E-state index contributed by atoms with van der Waals surface area (Å²) in [6, 6.07) is 11.5. The number of hydrogen-bond donors (Lipinski definition) is 3. The molecule has 2 aromatic carbocycles. The standard InChI is InChI=1S/C17H17FN4O4.C17H15FN4O3.CH4/c1-10(12-8-11(18)2-3-14(12)25-7-5-19)26-15-4-6-22-16(21-15)13(9-20-22)17(23)24;1-10-12-8-11(18)2-3-14(12)24-7-5-19-17(23)13-9-20-22-6-4-15(25-10)21-16(13)22;/h2-4,6,8-10H,5,7,19H2,1H3,(H,23,24);2-4,6,8-10H,5,7H2,1H3,(H,19,23);1H4/t;10-;/m.1./s1. The molecule has 272 valence electrons. The summed E-state index contributed by atoms with van der Waals surface area (Å²) < 4.78 is 53.0. The van der Waals surface area contributed by atoms with Gasteiger partial charge in [-0.25, -0.2) is 22.6 Å². The van der Waals surface area contributed by atoms with Gasteiger partial charge in [-0.05, 0) is 50.2 Å². The third kappa shape index (κ3) is 8.15. The van der Waals surface area contributed by atoms with E-state index in [1.165, 1.54) is 58.0 Å². The summed E-state index contributed by atoms with van der Waals surface area (Å²) in [4.78, 5) is 32.1. The molecule has 1 aliphatic rings. The van der Waals surface area contributed by atoms with Crippen LogP contribution in [0, 0.1) is 11.6 Å². The van der Waals surface area contributed by atoms with Gasteiger partial charge in [0.1, 0.15) is 59.7 Å². The van der Waals surface area contributed by atoms with E-state index in [-0.39, 0.29) is 49.5 Å². The minimum absolute atomic E-state index is 0. The summed E-state index contributed by atoms with van der Waals surface area (Å²) in [5, 5.41) is 19.9. The van der Waals surface area contributed by atoms with Crippen molar-refractivity contribution in [2.75, 3.05) is 26.3 Å². The first-order chi connectivity index (χ1) is 24.6. The smallest absolute Gasteiger partial charge is 0.341 e. The first-order valence-electron chi connectivity index (χ1n) is 15.7. The number of benzene rings is 2. The van der Waals surface area contributed by atoms with Crippen molar-refractivity contribution >= 4 is 23.2 Å². The minimum atomic E-state index is -1.14. The van der Waals surface area contributed by atoms with Crippen LogP contribution in [0.15, 0.2) is 73.3 Å². The number of nitrogens with zero attached hydrogens (tertiary/aromatic N) is 6. The number of amides is 1. The Labute approximate surface area is 295 Å². The van der Waals surface area contributed by atoms with Gasteiger partial charge in [0.25, 0.3) is 5.91 Å². The van der Waals surface area contributed by atoms with Gasteiger partial charge in [-0.1, -0.05) is 7.43 Å². The normalized spacial score (nSPS) is 14.5. The lowest BCUT2D eigenvalue weighted by atomic mass is 10.1. The van der Waals surface area contributed by atoms with Crippen LogP contribution in [0.5, 0.6) is 23.3 Å². The number of halogens is 2. The highest BCUT2D eigenvalue weighted by molar-refractivity contribution is 5.99. The summed E-state index contributed by atoms with van der Waals surface area (Å²) in [7, 11) is 0. The molecule has 17 heteroatoms. The van der Waals surface area contributed by atoms with Gasteiger partial charge in [0.2, 0.25) is 11.8 Å². The number of fused-ring (bicyclic) bond motifs is 3. The van der Waals surface area contributed by atoms with Gasteiger partial charge in [-0.3, -0.25) is 4.79 Å². The molecule has 1 unspecified atom stereocenters. The maximum atomic E-state index is 13.7. The van der Waals surface area contributed by atoms with Gasteiger partial charge in [0, 0.05) is 42.2 Å². The average Bonchev–Trinajstić information content (AvgIpc) is 3.74. The fourth-order valence-corrected chi connectivity index (χ4v) is 5.16. The number of rotatable bonds is 7. The van der Waals surface area contributed by atoms with Crippen molar-refractivity contribution in [1.29, 1.82) is 0 Å². The first-order valence-corrected chi connectivity index (χ1v) is 15.7. The number of nitrogens with two attached hydrogens (primary N) is 1. The van der Waals surface area contributed by atoms with E-state index in [1.54, 1.807) is 38.2 Å². The summed E-state index contributed by atoms with van der Waals surface area (Å²) in [6.07, 6.45) is 4.78. The SMILES string of the molecule is C.CC(Oc1ccn2ncc(C(=O)O)c2n1)c1cc(F)ccc1OCCN.C[C@H]1Oc2ccn3ncc(c3n2)C(=O)NCCOc2ccc(F)cc21. The van der Waals surface area contributed by atoms with Crippen LogP contribution in [0.1, 0.15) is 65.3 Å². The molecule has 6 aromatic rings. The molecule has 0 fully saturated rings. The lowest BCUT2D eigenvalue weighted by molar-refractivity contribution is 0.0698. The number of ether oxygens (including phenoxy) is 4. The Morgan fingerprint density at radius 2 is 1.79 bits per heavy atom. The maximum Gasteiger partial charge on any atom is 0.341 e. The Bertz CT molecular complexity index is 2210. The van der Waals surface area contributed by atoms with Crippen LogP contribution in [0.25, 0.3) is 11.3 Å². The van der Waals surface area contributed by atoms with Crippen molar-refractivity contribution in [3.05, 3.63) is 107 Å². The summed E-state index contributed by atoms with van der Waals surface area (Å²) in [5.41, 5.74) is 7.36. The second-order valence-electron chi connectivity index (χ2n) is 11.1. The number of aromatic carboxylic acids is 1. The maximum absolute atomic E-state index is 13.7. The summed E-state index contributed by atoms with van der Waals surface area (Å²) >= 11 is 0. The third-order valence-corrected chi connectivity index (χ3v) is 7.60. The zero-order valence-electron chi connectivity index (χ0n) is 27.3. The zero-order chi connectivity index (χ0) is 36.1. The van der Waals surface area contributed by atoms with Crippen molar-refractivity contribution in [3.8, 4) is 23.3 Å². The fourth-order valence-electron chi connectivity index (χ4n) is 5.16.